The van der Waals surface area contributed by atoms with Crippen LogP contribution in [-0.2, 0) is 25.7 Å². The molecule has 0 saturated carbocycles. The minimum absolute atomic E-state index is 0.0146. The highest BCUT2D eigenvalue weighted by Gasteiger charge is 2.40. The van der Waals surface area contributed by atoms with Crippen molar-refractivity contribution in [3.8, 4) is 11.5 Å². The van der Waals surface area contributed by atoms with Crippen molar-refractivity contribution in [2.75, 3.05) is 70.2 Å². The number of nitrogens with one attached hydrogen (secondary N) is 3. The number of unbranched alkanes of at least 4 members (excludes halogenated alkanes) is 1. The van der Waals surface area contributed by atoms with Crippen molar-refractivity contribution in [3.05, 3.63) is 76.8 Å². The van der Waals surface area contributed by atoms with E-state index in [0.717, 1.165) is 51.1 Å². The second-order valence-corrected chi connectivity index (χ2v) is 17.1. The number of amides is 5. The number of piperidine rings is 2. The monoisotopic (exact) mass is 897 g/mol. The van der Waals surface area contributed by atoms with Crippen LogP contribution in [-0.4, -0.2) is 131 Å². The average Bonchev–Trinajstić information content (AvgIpc) is 3.63. The Morgan fingerprint density at radius 1 is 0.922 bits per heavy atom. The number of nitrogens with zero attached hydrogens (tertiary/aromatic N) is 6. The van der Waals surface area contributed by atoms with Gasteiger partial charge in [-0.15, -0.1) is 0 Å². The molecule has 18 heteroatoms. The van der Waals surface area contributed by atoms with E-state index in [1.807, 2.05) is 11.0 Å². The third kappa shape index (κ3) is 10.4. The molecule has 3 fully saturated rings. The zero-order chi connectivity index (χ0) is 44.7. The van der Waals surface area contributed by atoms with E-state index in [2.05, 4.69) is 35.7 Å². The summed E-state index contributed by atoms with van der Waals surface area (Å²) in [6.45, 7) is 6.55. The molecule has 5 heterocycles. The third-order valence-electron chi connectivity index (χ3n) is 12.6. The highest BCUT2D eigenvalue weighted by molar-refractivity contribution is 6.31. The summed E-state index contributed by atoms with van der Waals surface area (Å²) in [5.74, 6) is 0.0660. The lowest BCUT2D eigenvalue weighted by molar-refractivity contribution is -0.137. The SMILES string of the molecule is COc1cc2ncnc(Nc3ccc(F)c(Cl)c3)c2cc1NC(=O)CCCN1CCC(N2CCN(C(=O)CCCCOc3cccc4c3CN(C3CCC(=O)NC3=O)C4=O)CC2)CC1. The molecule has 0 spiro atoms. The van der Waals surface area contributed by atoms with Gasteiger partial charge in [0.2, 0.25) is 23.6 Å². The number of methoxy groups -OCH3 is 1. The summed E-state index contributed by atoms with van der Waals surface area (Å²) >= 11 is 5.98. The minimum atomic E-state index is -0.678. The molecular weight excluding hydrogens is 845 g/mol. The first-order valence-electron chi connectivity index (χ1n) is 22.0. The van der Waals surface area contributed by atoms with Crippen LogP contribution in [0.5, 0.6) is 11.5 Å². The molecule has 3 aromatic carbocycles. The third-order valence-corrected chi connectivity index (χ3v) is 12.9. The molecule has 16 nitrogen and oxygen atoms in total. The van der Waals surface area contributed by atoms with Gasteiger partial charge in [-0.1, -0.05) is 17.7 Å². The average molecular weight is 898 g/mol. The number of hydrogen-bond donors (Lipinski definition) is 3. The number of ether oxygens (including phenoxy) is 2. The normalized spacial score (nSPS) is 18.5. The predicted molar refractivity (Wildman–Crippen MR) is 238 cm³/mol. The van der Waals surface area contributed by atoms with Crippen LogP contribution in [0.25, 0.3) is 10.9 Å². The molecule has 3 saturated heterocycles. The van der Waals surface area contributed by atoms with Crippen LogP contribution < -0.4 is 25.4 Å². The largest absolute Gasteiger partial charge is 0.494 e. The Hall–Kier alpha value is -5.91. The maximum absolute atomic E-state index is 13.7. The number of imide groups is 1. The first-order chi connectivity index (χ1) is 31.0. The van der Waals surface area contributed by atoms with Crippen molar-refractivity contribution in [2.24, 2.45) is 0 Å². The molecule has 338 valence electrons. The molecule has 1 aromatic heterocycles. The first-order valence-corrected chi connectivity index (χ1v) is 22.4. The lowest BCUT2D eigenvalue weighted by Crippen LogP contribution is -2.54. The molecule has 4 aliphatic rings. The Labute approximate surface area is 375 Å². The van der Waals surface area contributed by atoms with Gasteiger partial charge in [-0.3, -0.25) is 34.2 Å². The second-order valence-electron chi connectivity index (χ2n) is 16.7. The van der Waals surface area contributed by atoms with Crippen molar-refractivity contribution in [1.82, 2.24) is 34.9 Å². The number of hydrogen-bond acceptors (Lipinski definition) is 12. The number of likely N-dealkylation sites (tertiary alicyclic amines) is 1. The van der Waals surface area contributed by atoms with Gasteiger partial charge in [-0.2, -0.15) is 0 Å². The molecule has 8 rings (SSSR count). The van der Waals surface area contributed by atoms with E-state index in [1.165, 1.54) is 30.5 Å². The van der Waals surface area contributed by atoms with Crippen LogP contribution >= 0.6 is 11.6 Å². The molecule has 3 N–H and O–H groups in total. The first kappa shape index (κ1) is 44.7. The summed E-state index contributed by atoms with van der Waals surface area (Å²) in [7, 11) is 1.54. The van der Waals surface area contributed by atoms with E-state index < -0.39 is 17.8 Å². The van der Waals surface area contributed by atoms with Crippen molar-refractivity contribution in [3.63, 3.8) is 0 Å². The van der Waals surface area contributed by atoms with Crippen LogP contribution in [0.4, 0.5) is 21.6 Å². The molecule has 0 aliphatic carbocycles. The number of aromatic nitrogens is 2. The smallest absolute Gasteiger partial charge is 0.255 e. The van der Waals surface area contributed by atoms with Gasteiger partial charge in [0.05, 0.1) is 36.5 Å². The van der Waals surface area contributed by atoms with Crippen LogP contribution in [0.3, 0.4) is 0 Å². The molecule has 0 radical (unpaired) electrons. The Morgan fingerprint density at radius 3 is 2.50 bits per heavy atom. The van der Waals surface area contributed by atoms with Crippen molar-refractivity contribution >= 4 is 69.2 Å². The van der Waals surface area contributed by atoms with Crippen molar-refractivity contribution in [2.45, 2.75) is 76.4 Å². The summed E-state index contributed by atoms with van der Waals surface area (Å²) in [5, 5.41) is 9.12. The number of rotatable bonds is 16. The highest BCUT2D eigenvalue weighted by Crippen LogP contribution is 2.35. The molecule has 4 aliphatic heterocycles. The van der Waals surface area contributed by atoms with E-state index >= 15 is 0 Å². The Bertz CT molecular complexity index is 2410. The van der Waals surface area contributed by atoms with Crippen molar-refractivity contribution in [1.29, 1.82) is 0 Å². The van der Waals surface area contributed by atoms with Crippen LogP contribution in [0, 0.1) is 5.82 Å². The molecule has 1 unspecified atom stereocenters. The van der Waals surface area contributed by atoms with E-state index in [-0.39, 0.29) is 41.6 Å². The van der Waals surface area contributed by atoms with E-state index in [1.54, 1.807) is 30.3 Å². The fourth-order valence-electron chi connectivity index (χ4n) is 9.09. The van der Waals surface area contributed by atoms with Gasteiger partial charge in [-0.25, -0.2) is 14.4 Å². The molecule has 0 bridgehead atoms. The summed E-state index contributed by atoms with van der Waals surface area (Å²) in [6.07, 6.45) is 6.90. The highest BCUT2D eigenvalue weighted by atomic mass is 35.5. The van der Waals surface area contributed by atoms with E-state index in [0.29, 0.717) is 109 Å². The maximum atomic E-state index is 13.7. The van der Waals surface area contributed by atoms with Crippen LogP contribution in [0.15, 0.2) is 54.9 Å². The minimum Gasteiger partial charge on any atom is -0.494 e. The lowest BCUT2D eigenvalue weighted by Gasteiger charge is -2.42. The quantitative estimate of drug-likeness (QED) is 0.0951. The zero-order valence-electron chi connectivity index (χ0n) is 35.9. The van der Waals surface area contributed by atoms with Gasteiger partial charge < -0.3 is 34.8 Å². The fourth-order valence-corrected chi connectivity index (χ4v) is 9.27. The lowest BCUT2D eigenvalue weighted by atomic mass is 10.0. The number of carbonyl (C=O) groups excluding carboxylic acids is 5. The number of benzene rings is 3. The molecule has 4 aromatic rings. The number of fused-ring (bicyclic) bond motifs is 2. The summed E-state index contributed by atoms with van der Waals surface area (Å²) < 4.78 is 25.4. The second kappa shape index (κ2) is 20.3. The standard InChI is InChI=1S/C46H53ClFN9O7/c1-63-40-26-36-32(44(50-28-49-36)51-29-10-11-35(48)34(47)24-29)25-37(40)52-41(58)8-5-16-54-17-14-30(15-18-54)55-19-21-56(22-20-55)43(60)9-2-3-23-64-39-7-4-6-31-33(39)27-57(46(31)62)38-12-13-42(59)53-45(38)61/h4,6-7,10-11,24-26,28,30,38H,2-3,5,8-9,12-23,27H2,1H3,(H,52,58)(H,49,50,51)(H,53,59,61). The molecule has 64 heavy (non-hydrogen) atoms. The Balaban J connectivity index is 0.713. The number of piperazine rings is 1. The van der Waals surface area contributed by atoms with Gasteiger partial charge in [0.25, 0.3) is 5.91 Å². The zero-order valence-corrected chi connectivity index (χ0v) is 36.6. The van der Waals surface area contributed by atoms with Crippen LogP contribution in [0.1, 0.15) is 73.7 Å². The number of anilines is 3. The molecule has 1 atom stereocenters. The number of halogens is 2. The van der Waals surface area contributed by atoms with E-state index in [9.17, 15) is 28.4 Å². The van der Waals surface area contributed by atoms with Gasteiger partial charge >= 0.3 is 0 Å². The fraction of sp³-hybridized carbons (Fsp3) is 0.457. The van der Waals surface area contributed by atoms with Gasteiger partial charge in [-0.05, 0) is 94.6 Å². The maximum Gasteiger partial charge on any atom is 0.255 e. The summed E-state index contributed by atoms with van der Waals surface area (Å²) in [4.78, 5) is 80.6. The summed E-state index contributed by atoms with van der Waals surface area (Å²) in [5.41, 5.74) is 2.92. The number of carbonyl (C=O) groups is 5. The van der Waals surface area contributed by atoms with Gasteiger partial charge in [0.1, 0.15) is 35.5 Å². The van der Waals surface area contributed by atoms with Crippen LogP contribution in [0.2, 0.25) is 5.02 Å². The Kier molecular flexibility index (Phi) is 14.2. The van der Waals surface area contributed by atoms with E-state index in [4.69, 9.17) is 21.1 Å². The van der Waals surface area contributed by atoms with Gasteiger partial charge in [0, 0.05) is 79.8 Å². The topological polar surface area (TPSA) is 179 Å². The molecule has 5 amide bonds. The van der Waals surface area contributed by atoms with Crippen molar-refractivity contribution < 1.29 is 37.8 Å². The predicted octanol–water partition coefficient (Wildman–Crippen LogP) is 5.51. The Morgan fingerprint density at radius 2 is 1.73 bits per heavy atom. The van der Waals surface area contributed by atoms with Gasteiger partial charge in [0.15, 0.2) is 0 Å². The summed E-state index contributed by atoms with van der Waals surface area (Å²) in [6, 6.07) is 12.9. The molecular formula is C46H53ClFN9O7.